The summed E-state index contributed by atoms with van der Waals surface area (Å²) in [4.78, 5) is 27.5. The first-order valence-corrected chi connectivity index (χ1v) is 11.0. The Balaban J connectivity index is 2.22. The van der Waals surface area contributed by atoms with E-state index in [2.05, 4.69) is 26.1 Å². The summed E-state index contributed by atoms with van der Waals surface area (Å²) in [6.07, 6.45) is 0.844. The van der Waals surface area contributed by atoms with Gasteiger partial charge < -0.3 is 15.0 Å². The molecular formula is C26H36N2O3. The Labute approximate surface area is 186 Å². The highest BCUT2D eigenvalue weighted by Gasteiger charge is 2.27. The summed E-state index contributed by atoms with van der Waals surface area (Å²) in [7, 11) is 0. The highest BCUT2D eigenvalue weighted by Crippen LogP contribution is 2.31. The molecule has 2 aromatic rings. The van der Waals surface area contributed by atoms with E-state index in [9.17, 15) is 9.59 Å². The zero-order chi connectivity index (χ0) is 23.0. The molecule has 0 aliphatic carbocycles. The lowest BCUT2D eigenvalue weighted by atomic mass is 9.86. The number of nitrogens with zero attached hydrogens (tertiary/aromatic N) is 1. The van der Waals surface area contributed by atoms with Gasteiger partial charge in [0.25, 0.3) is 5.91 Å². The molecule has 0 heterocycles. The lowest BCUT2D eigenvalue weighted by Crippen LogP contribution is -2.49. The predicted molar refractivity (Wildman–Crippen MR) is 125 cm³/mol. The third-order valence-electron chi connectivity index (χ3n) is 5.36. The van der Waals surface area contributed by atoms with E-state index in [1.807, 2.05) is 62.4 Å². The van der Waals surface area contributed by atoms with Gasteiger partial charge in [-0.1, -0.05) is 70.2 Å². The van der Waals surface area contributed by atoms with Crippen molar-refractivity contribution in [3.8, 4) is 5.75 Å². The molecule has 0 aromatic heterocycles. The number of hydrogen-bond donors (Lipinski definition) is 1. The number of benzene rings is 2. The highest BCUT2D eigenvalue weighted by molar-refractivity contribution is 5.88. The molecule has 0 aliphatic heterocycles. The van der Waals surface area contributed by atoms with Gasteiger partial charge in [0.15, 0.2) is 6.61 Å². The number of ether oxygens (including phenoxy) is 1. The third kappa shape index (κ3) is 6.84. The van der Waals surface area contributed by atoms with Crippen molar-refractivity contribution in [3.05, 3.63) is 65.2 Å². The van der Waals surface area contributed by atoms with Crippen molar-refractivity contribution < 1.29 is 14.3 Å². The fourth-order valence-electron chi connectivity index (χ4n) is 3.38. The van der Waals surface area contributed by atoms with Crippen LogP contribution in [0, 0.1) is 6.92 Å². The standard InChI is InChI=1S/C26H36N2O3/c1-7-16-27-25(30)20(3)28(17-21-13-9-8-12-19(21)2)24(29)18-31-23-15-11-10-14-22(23)26(4,5)6/h8-15,20H,7,16-18H2,1-6H3,(H,27,30)/t20-/m1/s1. The van der Waals surface area contributed by atoms with Gasteiger partial charge in [-0.15, -0.1) is 0 Å². The van der Waals surface area contributed by atoms with Crippen molar-refractivity contribution in [1.82, 2.24) is 10.2 Å². The second-order valence-electron chi connectivity index (χ2n) is 8.95. The van der Waals surface area contributed by atoms with Crippen LogP contribution in [0.15, 0.2) is 48.5 Å². The Morgan fingerprint density at radius 3 is 2.35 bits per heavy atom. The smallest absolute Gasteiger partial charge is 0.261 e. The van der Waals surface area contributed by atoms with Crippen LogP contribution in [0.3, 0.4) is 0 Å². The van der Waals surface area contributed by atoms with Crippen LogP contribution >= 0.6 is 0 Å². The summed E-state index contributed by atoms with van der Waals surface area (Å²) in [5.41, 5.74) is 3.04. The number of rotatable bonds is 9. The zero-order valence-electron chi connectivity index (χ0n) is 19.7. The van der Waals surface area contributed by atoms with Crippen molar-refractivity contribution in [2.45, 2.75) is 66.0 Å². The van der Waals surface area contributed by atoms with Crippen molar-refractivity contribution >= 4 is 11.8 Å². The summed E-state index contributed by atoms with van der Waals surface area (Å²) >= 11 is 0. The summed E-state index contributed by atoms with van der Waals surface area (Å²) in [6.45, 7) is 12.9. The van der Waals surface area contributed by atoms with E-state index in [-0.39, 0.29) is 23.8 Å². The molecule has 0 saturated carbocycles. The SMILES string of the molecule is CCCNC(=O)[C@@H](C)N(Cc1ccccc1C)C(=O)COc1ccccc1C(C)(C)C. The fraction of sp³-hybridized carbons (Fsp3) is 0.462. The number of nitrogens with one attached hydrogen (secondary N) is 1. The van der Waals surface area contributed by atoms with Gasteiger partial charge in [-0.2, -0.15) is 0 Å². The lowest BCUT2D eigenvalue weighted by Gasteiger charge is -2.30. The Morgan fingerprint density at radius 1 is 1.06 bits per heavy atom. The molecule has 0 bridgehead atoms. The Hall–Kier alpha value is -2.82. The molecule has 0 fully saturated rings. The number of aryl methyl sites for hydroxylation is 1. The minimum absolute atomic E-state index is 0.103. The molecule has 0 radical (unpaired) electrons. The minimum Gasteiger partial charge on any atom is -0.483 e. The molecule has 5 nitrogen and oxygen atoms in total. The van der Waals surface area contributed by atoms with E-state index in [0.29, 0.717) is 18.8 Å². The van der Waals surface area contributed by atoms with Crippen LogP contribution in [-0.4, -0.2) is 35.9 Å². The maximum absolute atomic E-state index is 13.2. The van der Waals surface area contributed by atoms with Gasteiger partial charge in [0.1, 0.15) is 11.8 Å². The maximum Gasteiger partial charge on any atom is 0.261 e. The minimum atomic E-state index is -0.597. The molecule has 31 heavy (non-hydrogen) atoms. The number of para-hydroxylation sites is 1. The van der Waals surface area contributed by atoms with Gasteiger partial charge in [0.2, 0.25) is 5.91 Å². The van der Waals surface area contributed by atoms with E-state index in [1.54, 1.807) is 11.8 Å². The molecule has 5 heteroatoms. The van der Waals surface area contributed by atoms with Crippen molar-refractivity contribution in [2.75, 3.05) is 13.2 Å². The molecule has 2 aromatic carbocycles. The van der Waals surface area contributed by atoms with E-state index < -0.39 is 6.04 Å². The van der Waals surface area contributed by atoms with E-state index in [0.717, 1.165) is 23.1 Å². The molecule has 2 rings (SSSR count). The lowest BCUT2D eigenvalue weighted by molar-refractivity contribution is -0.142. The van der Waals surface area contributed by atoms with Gasteiger partial charge in [0.05, 0.1) is 0 Å². The first-order valence-electron chi connectivity index (χ1n) is 11.0. The molecule has 1 atom stereocenters. The molecule has 0 saturated heterocycles. The number of carbonyl (C=O) groups is 2. The van der Waals surface area contributed by atoms with Crippen molar-refractivity contribution in [3.63, 3.8) is 0 Å². The highest BCUT2D eigenvalue weighted by atomic mass is 16.5. The van der Waals surface area contributed by atoms with Gasteiger partial charge in [-0.05, 0) is 48.4 Å². The van der Waals surface area contributed by atoms with Gasteiger partial charge in [-0.25, -0.2) is 0 Å². The molecule has 1 N–H and O–H groups in total. The average molecular weight is 425 g/mol. The van der Waals surface area contributed by atoms with Gasteiger partial charge >= 0.3 is 0 Å². The van der Waals surface area contributed by atoms with Crippen molar-refractivity contribution in [1.29, 1.82) is 0 Å². The first kappa shape index (κ1) is 24.4. The van der Waals surface area contributed by atoms with Crippen LogP contribution in [-0.2, 0) is 21.5 Å². The Kier molecular flexibility index (Phi) is 8.66. The number of amides is 2. The largest absolute Gasteiger partial charge is 0.483 e. The Morgan fingerprint density at radius 2 is 1.71 bits per heavy atom. The summed E-state index contributed by atoms with van der Waals surface area (Å²) in [5.74, 6) is 0.326. The second kappa shape index (κ2) is 11.0. The molecule has 0 unspecified atom stereocenters. The summed E-state index contributed by atoms with van der Waals surface area (Å²) in [6, 6.07) is 15.1. The van der Waals surface area contributed by atoms with Crippen LogP contribution < -0.4 is 10.1 Å². The molecule has 168 valence electrons. The number of carbonyl (C=O) groups excluding carboxylic acids is 2. The van der Waals surface area contributed by atoms with Gasteiger partial charge in [0, 0.05) is 13.1 Å². The molecular weight excluding hydrogens is 388 g/mol. The Bertz CT molecular complexity index is 886. The topological polar surface area (TPSA) is 58.6 Å². The van der Waals surface area contributed by atoms with E-state index in [1.165, 1.54) is 0 Å². The van der Waals surface area contributed by atoms with Crippen LogP contribution in [0.5, 0.6) is 5.75 Å². The molecule has 2 amide bonds. The van der Waals surface area contributed by atoms with Crippen molar-refractivity contribution in [2.24, 2.45) is 0 Å². The van der Waals surface area contributed by atoms with E-state index >= 15 is 0 Å². The summed E-state index contributed by atoms with van der Waals surface area (Å²) in [5, 5.41) is 2.90. The first-order chi connectivity index (χ1) is 14.6. The average Bonchev–Trinajstić information content (AvgIpc) is 2.74. The third-order valence-corrected chi connectivity index (χ3v) is 5.36. The molecule has 0 aliphatic rings. The van der Waals surface area contributed by atoms with Crippen LogP contribution in [0.25, 0.3) is 0 Å². The predicted octanol–water partition coefficient (Wildman–Crippen LogP) is 4.61. The van der Waals surface area contributed by atoms with Crippen LogP contribution in [0.2, 0.25) is 0 Å². The van der Waals surface area contributed by atoms with Gasteiger partial charge in [-0.3, -0.25) is 9.59 Å². The van der Waals surface area contributed by atoms with Crippen LogP contribution in [0.4, 0.5) is 0 Å². The molecule has 0 spiro atoms. The second-order valence-corrected chi connectivity index (χ2v) is 8.95. The normalized spacial score (nSPS) is 12.2. The maximum atomic E-state index is 13.2. The zero-order valence-corrected chi connectivity index (χ0v) is 19.7. The quantitative estimate of drug-likeness (QED) is 0.639. The van der Waals surface area contributed by atoms with E-state index in [4.69, 9.17) is 4.74 Å². The van der Waals surface area contributed by atoms with Crippen LogP contribution in [0.1, 0.15) is 57.7 Å². The monoisotopic (exact) mass is 424 g/mol. The fourth-order valence-corrected chi connectivity index (χ4v) is 3.38. The summed E-state index contributed by atoms with van der Waals surface area (Å²) < 4.78 is 5.96. The number of hydrogen-bond acceptors (Lipinski definition) is 3.